The Morgan fingerprint density at radius 1 is 1.10 bits per heavy atom. The van der Waals surface area contributed by atoms with Crippen molar-refractivity contribution in [3.63, 3.8) is 0 Å². The maximum absolute atomic E-state index is 13.3. The Labute approximate surface area is 175 Å². The van der Waals surface area contributed by atoms with Crippen LogP contribution in [0.5, 0.6) is 0 Å². The number of hydrogen-bond acceptors (Lipinski definition) is 3. The summed E-state index contributed by atoms with van der Waals surface area (Å²) in [6.45, 7) is 6.67. The number of pyridine rings is 2. The fourth-order valence-corrected chi connectivity index (χ4v) is 3.92. The normalized spacial score (nSPS) is 11.4. The van der Waals surface area contributed by atoms with Crippen LogP contribution in [0.25, 0.3) is 21.8 Å². The predicted octanol–water partition coefficient (Wildman–Crippen LogP) is 4.97. The minimum Gasteiger partial charge on any atom is -0.311 e. The van der Waals surface area contributed by atoms with Crippen LogP contribution in [-0.4, -0.2) is 22.5 Å². The van der Waals surface area contributed by atoms with Gasteiger partial charge >= 0.3 is 0 Å². The molecule has 4 aromatic rings. The summed E-state index contributed by atoms with van der Waals surface area (Å²) in [5.74, 6) is 0.0810. The molecule has 0 aliphatic carbocycles. The van der Waals surface area contributed by atoms with Crippen LogP contribution < -0.4 is 10.5 Å². The van der Waals surface area contributed by atoms with Gasteiger partial charge in [-0.1, -0.05) is 26.0 Å². The van der Waals surface area contributed by atoms with Crippen molar-refractivity contribution in [3.05, 3.63) is 82.3 Å². The van der Waals surface area contributed by atoms with E-state index in [9.17, 15) is 9.59 Å². The van der Waals surface area contributed by atoms with Crippen molar-refractivity contribution >= 4 is 33.4 Å². The Hall–Kier alpha value is -3.47. The SMILES string of the molecule is CCn1c(=O)cc(C(C)C)c2cc(C(=O)N(C)c3ccc4cccnc4c3)ccc21. The molecule has 0 N–H and O–H groups in total. The quantitative estimate of drug-likeness (QED) is 0.487. The zero-order valence-electron chi connectivity index (χ0n) is 17.7. The van der Waals surface area contributed by atoms with E-state index in [0.29, 0.717) is 12.1 Å². The van der Waals surface area contributed by atoms with Gasteiger partial charge in [-0.25, -0.2) is 0 Å². The summed E-state index contributed by atoms with van der Waals surface area (Å²) in [6, 6.07) is 17.0. The van der Waals surface area contributed by atoms with E-state index in [4.69, 9.17) is 0 Å². The molecule has 5 heteroatoms. The summed E-state index contributed by atoms with van der Waals surface area (Å²) in [4.78, 5) is 31.8. The zero-order chi connectivity index (χ0) is 21.4. The lowest BCUT2D eigenvalue weighted by atomic mass is 9.97. The average molecular weight is 399 g/mol. The van der Waals surface area contributed by atoms with Crippen molar-refractivity contribution in [2.45, 2.75) is 33.2 Å². The zero-order valence-corrected chi connectivity index (χ0v) is 17.7. The molecule has 0 aliphatic rings. The number of amides is 1. The van der Waals surface area contributed by atoms with Crippen molar-refractivity contribution in [2.75, 3.05) is 11.9 Å². The molecule has 152 valence electrons. The van der Waals surface area contributed by atoms with Crippen LogP contribution in [0.2, 0.25) is 0 Å². The van der Waals surface area contributed by atoms with E-state index in [1.807, 2.05) is 49.4 Å². The fourth-order valence-electron chi connectivity index (χ4n) is 3.92. The van der Waals surface area contributed by atoms with Gasteiger partial charge in [-0.15, -0.1) is 0 Å². The Balaban J connectivity index is 1.79. The number of rotatable bonds is 4. The highest BCUT2D eigenvalue weighted by molar-refractivity contribution is 6.08. The third-order valence-corrected chi connectivity index (χ3v) is 5.61. The molecular weight excluding hydrogens is 374 g/mol. The monoisotopic (exact) mass is 399 g/mol. The molecule has 0 atom stereocenters. The van der Waals surface area contributed by atoms with Crippen molar-refractivity contribution in [1.29, 1.82) is 0 Å². The summed E-state index contributed by atoms with van der Waals surface area (Å²) in [5, 5.41) is 1.98. The molecular formula is C25H25N3O2. The van der Waals surface area contributed by atoms with Crippen LogP contribution in [0.15, 0.2) is 65.6 Å². The van der Waals surface area contributed by atoms with Gasteiger partial charge in [0.25, 0.3) is 11.5 Å². The second-order valence-corrected chi connectivity index (χ2v) is 7.81. The number of hydrogen-bond donors (Lipinski definition) is 0. The van der Waals surface area contributed by atoms with E-state index >= 15 is 0 Å². The van der Waals surface area contributed by atoms with Gasteiger partial charge in [-0.3, -0.25) is 14.6 Å². The van der Waals surface area contributed by atoms with E-state index in [2.05, 4.69) is 18.8 Å². The highest BCUT2D eigenvalue weighted by Crippen LogP contribution is 2.27. The van der Waals surface area contributed by atoms with Crippen LogP contribution in [0.4, 0.5) is 5.69 Å². The molecule has 4 rings (SSSR count). The van der Waals surface area contributed by atoms with E-state index in [1.54, 1.807) is 34.8 Å². The molecule has 0 bridgehead atoms. The average Bonchev–Trinajstić information content (AvgIpc) is 2.76. The molecule has 0 unspecified atom stereocenters. The van der Waals surface area contributed by atoms with Crippen molar-refractivity contribution in [3.8, 4) is 0 Å². The lowest BCUT2D eigenvalue weighted by molar-refractivity contribution is 0.0993. The fraction of sp³-hybridized carbons (Fsp3) is 0.240. The molecule has 2 aromatic carbocycles. The van der Waals surface area contributed by atoms with Crippen molar-refractivity contribution in [2.24, 2.45) is 0 Å². The van der Waals surface area contributed by atoms with Gasteiger partial charge in [0.15, 0.2) is 0 Å². The van der Waals surface area contributed by atoms with Crippen molar-refractivity contribution in [1.82, 2.24) is 9.55 Å². The molecule has 0 saturated carbocycles. The predicted molar refractivity (Wildman–Crippen MR) is 122 cm³/mol. The van der Waals surface area contributed by atoms with Gasteiger partial charge in [0.2, 0.25) is 0 Å². The second kappa shape index (κ2) is 7.75. The van der Waals surface area contributed by atoms with E-state index in [-0.39, 0.29) is 17.4 Å². The summed E-state index contributed by atoms with van der Waals surface area (Å²) in [6.07, 6.45) is 1.75. The summed E-state index contributed by atoms with van der Waals surface area (Å²) < 4.78 is 1.74. The minimum absolute atomic E-state index is 0.00596. The molecule has 0 saturated heterocycles. The number of fused-ring (bicyclic) bond motifs is 2. The molecule has 5 nitrogen and oxygen atoms in total. The number of carbonyl (C=O) groups is 1. The van der Waals surface area contributed by atoms with Crippen LogP contribution in [0, 0.1) is 0 Å². The van der Waals surface area contributed by atoms with Gasteiger partial charge in [0, 0.05) is 47.9 Å². The van der Waals surface area contributed by atoms with Gasteiger partial charge in [0.1, 0.15) is 0 Å². The van der Waals surface area contributed by atoms with Gasteiger partial charge in [-0.05, 0) is 54.8 Å². The van der Waals surface area contributed by atoms with E-state index in [1.165, 1.54) is 0 Å². The summed E-state index contributed by atoms with van der Waals surface area (Å²) in [5.41, 5.74) is 4.05. The Kier molecular flexibility index (Phi) is 5.12. The maximum atomic E-state index is 13.3. The molecule has 0 spiro atoms. The van der Waals surface area contributed by atoms with Crippen molar-refractivity contribution < 1.29 is 4.79 Å². The van der Waals surface area contributed by atoms with Crippen LogP contribution in [0.3, 0.4) is 0 Å². The lowest BCUT2D eigenvalue weighted by Gasteiger charge is -2.19. The first-order chi connectivity index (χ1) is 14.4. The number of nitrogens with zero attached hydrogens (tertiary/aromatic N) is 3. The standard InChI is InChI=1S/C25H25N3O2/c1-5-28-23-11-9-18(13-21(23)20(16(2)3)15-24(28)29)25(30)27(4)19-10-8-17-7-6-12-26-22(17)14-19/h6-16H,5H2,1-4H3. The molecule has 1 amide bonds. The second-order valence-electron chi connectivity index (χ2n) is 7.81. The molecule has 30 heavy (non-hydrogen) atoms. The highest BCUT2D eigenvalue weighted by Gasteiger charge is 2.17. The smallest absolute Gasteiger partial charge is 0.258 e. The van der Waals surface area contributed by atoms with E-state index in [0.717, 1.165) is 33.1 Å². The largest absolute Gasteiger partial charge is 0.311 e. The summed E-state index contributed by atoms with van der Waals surface area (Å²) >= 11 is 0. The molecule has 0 fully saturated rings. The number of carbonyl (C=O) groups excluding carboxylic acids is 1. The maximum Gasteiger partial charge on any atom is 0.258 e. The Bertz CT molecular complexity index is 1320. The molecule has 0 radical (unpaired) electrons. The minimum atomic E-state index is -0.101. The summed E-state index contributed by atoms with van der Waals surface area (Å²) in [7, 11) is 1.77. The van der Waals surface area contributed by atoms with E-state index < -0.39 is 0 Å². The van der Waals surface area contributed by atoms with Crippen LogP contribution >= 0.6 is 0 Å². The van der Waals surface area contributed by atoms with Gasteiger partial charge < -0.3 is 9.47 Å². The molecule has 2 heterocycles. The lowest BCUT2D eigenvalue weighted by Crippen LogP contribution is -2.26. The van der Waals surface area contributed by atoms with Crippen LogP contribution in [0.1, 0.15) is 42.6 Å². The molecule has 2 aromatic heterocycles. The first-order valence-electron chi connectivity index (χ1n) is 10.2. The number of aryl methyl sites for hydroxylation is 1. The number of aromatic nitrogens is 2. The third-order valence-electron chi connectivity index (χ3n) is 5.61. The Morgan fingerprint density at radius 2 is 1.90 bits per heavy atom. The first kappa shape index (κ1) is 19.8. The number of benzene rings is 2. The van der Waals surface area contributed by atoms with Crippen LogP contribution in [-0.2, 0) is 6.54 Å². The number of anilines is 1. The third kappa shape index (κ3) is 3.36. The molecule has 0 aliphatic heterocycles. The highest BCUT2D eigenvalue weighted by atomic mass is 16.2. The first-order valence-corrected chi connectivity index (χ1v) is 10.2. The van der Waals surface area contributed by atoms with Gasteiger partial charge in [0.05, 0.1) is 11.0 Å². The van der Waals surface area contributed by atoms with Gasteiger partial charge in [-0.2, -0.15) is 0 Å². The Morgan fingerprint density at radius 3 is 2.63 bits per heavy atom. The topological polar surface area (TPSA) is 55.2 Å².